The summed E-state index contributed by atoms with van der Waals surface area (Å²) < 4.78 is 15.1. The molecule has 5 nitrogen and oxygen atoms in total. The van der Waals surface area contributed by atoms with E-state index in [1.54, 1.807) is 23.0 Å². The molecule has 4 rings (SSSR count). The molecular weight excluding hydrogens is 319 g/mol. The van der Waals surface area contributed by atoms with E-state index in [9.17, 15) is 9.18 Å². The highest BCUT2D eigenvalue weighted by Gasteiger charge is 2.11. The number of anilines is 1. The van der Waals surface area contributed by atoms with Crippen molar-refractivity contribution in [2.24, 2.45) is 0 Å². The van der Waals surface area contributed by atoms with Crippen LogP contribution in [0.25, 0.3) is 16.6 Å². The smallest absolute Gasteiger partial charge is 0.272 e. The van der Waals surface area contributed by atoms with Crippen molar-refractivity contribution in [3.63, 3.8) is 0 Å². The first-order chi connectivity index (χ1) is 12.1. The Labute approximate surface area is 143 Å². The van der Waals surface area contributed by atoms with E-state index in [2.05, 4.69) is 15.4 Å². The van der Waals surface area contributed by atoms with E-state index in [0.717, 1.165) is 11.4 Å². The van der Waals surface area contributed by atoms with E-state index < -0.39 is 0 Å². The second-order valence-corrected chi connectivity index (χ2v) is 5.80. The number of amides is 1. The van der Waals surface area contributed by atoms with Gasteiger partial charge in [0.05, 0.1) is 5.69 Å². The first-order valence-corrected chi connectivity index (χ1v) is 7.81. The van der Waals surface area contributed by atoms with Crippen LogP contribution in [0.1, 0.15) is 16.2 Å². The monoisotopic (exact) mass is 334 g/mol. The number of carbonyl (C=O) groups is 1. The van der Waals surface area contributed by atoms with Crippen LogP contribution in [0.2, 0.25) is 0 Å². The maximum atomic E-state index is 13.3. The van der Waals surface area contributed by atoms with Crippen LogP contribution in [0.15, 0.2) is 60.8 Å². The topological polar surface area (TPSA) is 62.7 Å². The fourth-order valence-corrected chi connectivity index (χ4v) is 2.78. The van der Waals surface area contributed by atoms with Crippen LogP contribution >= 0.6 is 0 Å². The van der Waals surface area contributed by atoms with Crippen LogP contribution in [0, 0.1) is 12.7 Å². The molecule has 6 heteroatoms. The molecule has 0 saturated heterocycles. The van der Waals surface area contributed by atoms with Crippen molar-refractivity contribution < 1.29 is 9.18 Å². The summed E-state index contributed by atoms with van der Waals surface area (Å²) in [5.74, 6) is -0.619. The van der Waals surface area contributed by atoms with Gasteiger partial charge in [-0.1, -0.05) is 6.07 Å². The average Bonchev–Trinajstić information content (AvgIpc) is 3.20. The zero-order valence-corrected chi connectivity index (χ0v) is 13.5. The molecule has 4 aromatic rings. The first kappa shape index (κ1) is 15.1. The average molecular weight is 334 g/mol. The number of aryl methyl sites for hydroxylation is 1. The highest BCUT2D eigenvalue weighted by atomic mass is 19.1. The zero-order valence-electron chi connectivity index (χ0n) is 13.5. The molecule has 2 aromatic heterocycles. The first-order valence-electron chi connectivity index (χ1n) is 7.81. The Morgan fingerprint density at radius 1 is 1.16 bits per heavy atom. The molecule has 0 saturated carbocycles. The molecule has 1 amide bonds. The lowest BCUT2D eigenvalue weighted by Crippen LogP contribution is -2.12. The van der Waals surface area contributed by atoms with Gasteiger partial charge >= 0.3 is 0 Å². The van der Waals surface area contributed by atoms with Gasteiger partial charge in [0.1, 0.15) is 11.5 Å². The van der Waals surface area contributed by atoms with Gasteiger partial charge in [0, 0.05) is 28.5 Å². The second-order valence-electron chi connectivity index (χ2n) is 5.80. The summed E-state index contributed by atoms with van der Waals surface area (Å²) in [7, 11) is 0. The fourth-order valence-electron chi connectivity index (χ4n) is 2.78. The van der Waals surface area contributed by atoms with Crippen molar-refractivity contribution in [1.29, 1.82) is 0 Å². The molecule has 0 aliphatic carbocycles. The van der Waals surface area contributed by atoms with Crippen LogP contribution < -0.4 is 5.32 Å². The Bertz CT molecular complexity index is 1080. The third kappa shape index (κ3) is 2.89. The summed E-state index contributed by atoms with van der Waals surface area (Å²) in [5.41, 5.74) is 3.61. The maximum absolute atomic E-state index is 13.3. The number of halogens is 1. The number of hydrogen-bond donors (Lipinski definition) is 2. The Kier molecular flexibility index (Phi) is 3.57. The van der Waals surface area contributed by atoms with E-state index in [1.807, 2.05) is 37.3 Å². The number of H-pyrrole nitrogens is 1. The van der Waals surface area contributed by atoms with Gasteiger partial charge in [-0.25, -0.2) is 9.07 Å². The third-order valence-corrected chi connectivity index (χ3v) is 4.01. The molecule has 0 unspecified atom stereocenters. The number of hydrogen-bond acceptors (Lipinski definition) is 2. The molecule has 0 radical (unpaired) electrons. The van der Waals surface area contributed by atoms with E-state index >= 15 is 0 Å². The minimum absolute atomic E-state index is 0.286. The molecule has 0 bridgehead atoms. The SMILES string of the molecule is Cc1ccnn1-c1cccc(NC(=O)c2cc3cc(F)ccc3[nH]2)c1. The minimum atomic E-state index is -0.333. The Hall–Kier alpha value is -3.41. The molecule has 2 heterocycles. The van der Waals surface area contributed by atoms with E-state index in [0.29, 0.717) is 22.3 Å². The van der Waals surface area contributed by atoms with Crippen molar-refractivity contribution in [3.8, 4) is 5.69 Å². The molecule has 0 atom stereocenters. The van der Waals surface area contributed by atoms with Crippen LogP contribution in [-0.2, 0) is 0 Å². The molecule has 0 aliphatic rings. The van der Waals surface area contributed by atoms with Crippen LogP contribution in [0.5, 0.6) is 0 Å². The van der Waals surface area contributed by atoms with Gasteiger partial charge in [0.25, 0.3) is 5.91 Å². The number of aromatic amines is 1. The molecular formula is C19H15FN4O. The lowest BCUT2D eigenvalue weighted by atomic mass is 10.2. The Morgan fingerprint density at radius 3 is 2.84 bits per heavy atom. The van der Waals surface area contributed by atoms with E-state index in [-0.39, 0.29) is 11.7 Å². The number of aromatic nitrogens is 3. The van der Waals surface area contributed by atoms with Crippen molar-refractivity contribution in [2.75, 3.05) is 5.32 Å². The molecule has 2 aromatic carbocycles. The van der Waals surface area contributed by atoms with Gasteiger partial charge in [-0.15, -0.1) is 0 Å². The van der Waals surface area contributed by atoms with E-state index in [1.165, 1.54) is 12.1 Å². The van der Waals surface area contributed by atoms with Crippen LogP contribution in [0.3, 0.4) is 0 Å². The number of benzene rings is 2. The Morgan fingerprint density at radius 2 is 2.04 bits per heavy atom. The van der Waals surface area contributed by atoms with Crippen LogP contribution in [0.4, 0.5) is 10.1 Å². The molecule has 25 heavy (non-hydrogen) atoms. The van der Waals surface area contributed by atoms with Crippen molar-refractivity contribution >= 4 is 22.5 Å². The van der Waals surface area contributed by atoms with Crippen molar-refractivity contribution in [1.82, 2.24) is 14.8 Å². The highest BCUT2D eigenvalue weighted by Crippen LogP contribution is 2.19. The lowest BCUT2D eigenvalue weighted by Gasteiger charge is -2.08. The fraction of sp³-hybridized carbons (Fsp3) is 0.0526. The predicted molar refractivity (Wildman–Crippen MR) is 94.5 cm³/mol. The maximum Gasteiger partial charge on any atom is 0.272 e. The summed E-state index contributed by atoms with van der Waals surface area (Å²) in [5, 5.41) is 7.77. The molecule has 0 fully saturated rings. The molecule has 0 spiro atoms. The second kappa shape index (κ2) is 5.90. The van der Waals surface area contributed by atoms with Gasteiger partial charge in [-0.05, 0) is 55.5 Å². The van der Waals surface area contributed by atoms with Crippen molar-refractivity contribution in [3.05, 3.63) is 78.0 Å². The zero-order chi connectivity index (χ0) is 17.4. The van der Waals surface area contributed by atoms with Gasteiger partial charge in [0.15, 0.2) is 0 Å². The quantitative estimate of drug-likeness (QED) is 0.593. The molecule has 2 N–H and O–H groups in total. The Balaban J connectivity index is 1.61. The number of fused-ring (bicyclic) bond motifs is 1. The van der Waals surface area contributed by atoms with Crippen LogP contribution in [-0.4, -0.2) is 20.7 Å². The summed E-state index contributed by atoms with van der Waals surface area (Å²) in [6, 6.07) is 15.3. The highest BCUT2D eigenvalue weighted by molar-refractivity contribution is 6.06. The van der Waals surface area contributed by atoms with Gasteiger partial charge < -0.3 is 10.3 Å². The summed E-state index contributed by atoms with van der Waals surface area (Å²) in [6.07, 6.45) is 1.73. The number of nitrogens with one attached hydrogen (secondary N) is 2. The van der Waals surface area contributed by atoms with Gasteiger partial charge in [-0.2, -0.15) is 5.10 Å². The summed E-state index contributed by atoms with van der Waals surface area (Å²) in [6.45, 7) is 1.96. The number of nitrogens with zero attached hydrogens (tertiary/aromatic N) is 2. The van der Waals surface area contributed by atoms with Crippen molar-refractivity contribution in [2.45, 2.75) is 6.92 Å². The predicted octanol–water partition coefficient (Wildman–Crippen LogP) is 4.05. The van der Waals surface area contributed by atoms with Gasteiger partial charge in [-0.3, -0.25) is 4.79 Å². The molecule has 0 aliphatic heterocycles. The summed E-state index contributed by atoms with van der Waals surface area (Å²) >= 11 is 0. The molecule has 124 valence electrons. The standard InChI is InChI=1S/C19H15FN4O/c1-12-7-8-21-24(12)16-4-2-3-15(11-16)22-19(25)18-10-13-9-14(20)5-6-17(13)23-18/h2-11,23H,1H3,(H,22,25). The number of carbonyl (C=O) groups excluding carboxylic acids is 1. The van der Waals surface area contributed by atoms with Gasteiger partial charge in [0.2, 0.25) is 0 Å². The third-order valence-electron chi connectivity index (χ3n) is 4.01. The largest absolute Gasteiger partial charge is 0.351 e. The minimum Gasteiger partial charge on any atom is -0.351 e. The lowest BCUT2D eigenvalue weighted by molar-refractivity contribution is 0.102. The summed E-state index contributed by atoms with van der Waals surface area (Å²) in [4.78, 5) is 15.5. The number of rotatable bonds is 3. The van der Waals surface area contributed by atoms with E-state index in [4.69, 9.17) is 0 Å². The normalized spacial score (nSPS) is 11.0.